The van der Waals surface area contributed by atoms with Gasteiger partial charge in [0.05, 0.1) is 11.0 Å². The number of nitrogens with two attached hydrogens (primary N) is 1. The molecule has 0 amide bonds. The number of rotatable bonds is 3. The summed E-state index contributed by atoms with van der Waals surface area (Å²) in [6, 6.07) is 6.14. The maximum atomic E-state index is 11.5. The van der Waals surface area contributed by atoms with E-state index in [-0.39, 0.29) is 11.2 Å². The number of nitrogens with one attached hydrogen (secondary N) is 1. The highest BCUT2D eigenvalue weighted by Gasteiger charge is 2.37. The van der Waals surface area contributed by atoms with Crippen LogP contribution in [0.3, 0.4) is 0 Å². The molecule has 2 aromatic rings. The van der Waals surface area contributed by atoms with Gasteiger partial charge in [0.25, 0.3) is 0 Å². The molecule has 1 aromatic carbocycles. The molecule has 1 fully saturated rings. The van der Waals surface area contributed by atoms with Crippen LogP contribution in [-0.4, -0.2) is 15.1 Å². The Morgan fingerprint density at radius 1 is 1.47 bits per heavy atom. The number of fused-ring (bicyclic) bond motifs is 1. The standard InChI is InChI=1S/C13H17N3O/c1-16-11-3-2-9(4-5-13(14)6-7-13)8-10(11)15-12(16)17/h2-3,8H,4-7,14H2,1H3,(H,15,17). The Balaban J connectivity index is 1.88. The molecule has 0 atom stereocenters. The van der Waals surface area contributed by atoms with Gasteiger partial charge in [-0.1, -0.05) is 6.07 Å². The fourth-order valence-corrected chi connectivity index (χ4v) is 2.24. The molecular weight excluding hydrogens is 214 g/mol. The highest BCUT2D eigenvalue weighted by Crippen LogP contribution is 2.36. The number of aryl methyl sites for hydroxylation is 2. The van der Waals surface area contributed by atoms with E-state index in [2.05, 4.69) is 17.1 Å². The minimum atomic E-state index is -0.0605. The largest absolute Gasteiger partial charge is 0.326 e. The quantitative estimate of drug-likeness (QED) is 0.836. The van der Waals surface area contributed by atoms with Crippen LogP contribution in [0.5, 0.6) is 0 Å². The third-order valence-corrected chi connectivity index (χ3v) is 3.77. The zero-order chi connectivity index (χ0) is 12.0. The van der Waals surface area contributed by atoms with E-state index in [1.54, 1.807) is 11.6 Å². The van der Waals surface area contributed by atoms with Crippen LogP contribution in [0.1, 0.15) is 24.8 Å². The average molecular weight is 231 g/mol. The van der Waals surface area contributed by atoms with Crippen molar-refractivity contribution in [3.8, 4) is 0 Å². The molecule has 0 unspecified atom stereocenters. The van der Waals surface area contributed by atoms with Gasteiger partial charge in [0, 0.05) is 12.6 Å². The SMILES string of the molecule is Cn1c(=O)[nH]c2cc(CCC3(N)CC3)ccc21. The minimum Gasteiger partial charge on any atom is -0.325 e. The molecule has 1 aliphatic carbocycles. The molecule has 0 bridgehead atoms. The lowest BCUT2D eigenvalue weighted by atomic mass is 10.0. The van der Waals surface area contributed by atoms with Crippen molar-refractivity contribution in [2.75, 3.05) is 0 Å². The predicted octanol–water partition coefficient (Wildman–Crippen LogP) is 1.29. The van der Waals surface area contributed by atoms with Crippen LogP contribution in [0, 0.1) is 0 Å². The molecule has 90 valence electrons. The van der Waals surface area contributed by atoms with Crippen LogP contribution in [-0.2, 0) is 13.5 Å². The van der Waals surface area contributed by atoms with Gasteiger partial charge in [0.1, 0.15) is 0 Å². The molecule has 3 N–H and O–H groups in total. The van der Waals surface area contributed by atoms with Gasteiger partial charge in [0.15, 0.2) is 0 Å². The third-order valence-electron chi connectivity index (χ3n) is 3.77. The smallest absolute Gasteiger partial charge is 0.325 e. The fourth-order valence-electron chi connectivity index (χ4n) is 2.24. The van der Waals surface area contributed by atoms with Gasteiger partial charge in [-0.3, -0.25) is 4.57 Å². The van der Waals surface area contributed by atoms with Crippen molar-refractivity contribution in [3.05, 3.63) is 34.2 Å². The Bertz CT molecular complexity index is 619. The number of aromatic amines is 1. The summed E-state index contributed by atoms with van der Waals surface area (Å²) in [6.45, 7) is 0. The first-order valence-electron chi connectivity index (χ1n) is 6.04. The molecule has 4 nitrogen and oxygen atoms in total. The van der Waals surface area contributed by atoms with E-state index < -0.39 is 0 Å². The normalized spacial score (nSPS) is 17.5. The van der Waals surface area contributed by atoms with Crippen LogP contribution in [0.25, 0.3) is 11.0 Å². The highest BCUT2D eigenvalue weighted by molar-refractivity contribution is 5.75. The molecular formula is C13H17N3O. The number of aromatic nitrogens is 2. The van der Waals surface area contributed by atoms with Crippen molar-refractivity contribution in [1.29, 1.82) is 0 Å². The lowest BCUT2D eigenvalue weighted by molar-refractivity contribution is 0.609. The van der Waals surface area contributed by atoms with Gasteiger partial charge in [-0.05, 0) is 43.4 Å². The number of hydrogen-bond acceptors (Lipinski definition) is 2. The molecule has 0 aliphatic heterocycles. The Morgan fingerprint density at radius 3 is 2.94 bits per heavy atom. The maximum absolute atomic E-state index is 11.5. The number of nitrogens with zero attached hydrogens (tertiary/aromatic N) is 1. The third kappa shape index (κ3) is 1.89. The maximum Gasteiger partial charge on any atom is 0.326 e. The van der Waals surface area contributed by atoms with Crippen molar-refractivity contribution in [2.45, 2.75) is 31.2 Å². The van der Waals surface area contributed by atoms with Crippen LogP contribution in [0.2, 0.25) is 0 Å². The molecule has 17 heavy (non-hydrogen) atoms. The fraction of sp³-hybridized carbons (Fsp3) is 0.462. The Labute approximate surface area is 99.4 Å². The molecule has 1 saturated carbocycles. The second-order valence-electron chi connectivity index (χ2n) is 5.20. The van der Waals surface area contributed by atoms with E-state index in [1.807, 2.05) is 6.07 Å². The molecule has 0 radical (unpaired) electrons. The van der Waals surface area contributed by atoms with Crippen molar-refractivity contribution in [3.63, 3.8) is 0 Å². The summed E-state index contributed by atoms with van der Waals surface area (Å²) >= 11 is 0. The minimum absolute atomic E-state index is 0.0605. The molecule has 1 heterocycles. The second-order valence-corrected chi connectivity index (χ2v) is 5.20. The Hall–Kier alpha value is -1.55. The summed E-state index contributed by atoms with van der Waals surface area (Å²) in [6.07, 6.45) is 4.33. The Morgan fingerprint density at radius 2 is 2.24 bits per heavy atom. The zero-order valence-electron chi connectivity index (χ0n) is 9.99. The predicted molar refractivity (Wildman–Crippen MR) is 68.0 cm³/mol. The summed E-state index contributed by atoms with van der Waals surface area (Å²) in [4.78, 5) is 14.3. The number of hydrogen-bond donors (Lipinski definition) is 2. The van der Waals surface area contributed by atoms with Crippen molar-refractivity contribution < 1.29 is 0 Å². The zero-order valence-corrected chi connectivity index (χ0v) is 9.99. The molecule has 0 spiro atoms. The van der Waals surface area contributed by atoms with Crippen molar-refractivity contribution in [2.24, 2.45) is 12.8 Å². The van der Waals surface area contributed by atoms with Gasteiger partial charge in [-0.25, -0.2) is 4.79 Å². The lowest BCUT2D eigenvalue weighted by Gasteiger charge is -2.07. The van der Waals surface area contributed by atoms with Gasteiger partial charge in [-0.15, -0.1) is 0 Å². The summed E-state index contributed by atoms with van der Waals surface area (Å²) in [7, 11) is 1.78. The van der Waals surface area contributed by atoms with E-state index >= 15 is 0 Å². The molecule has 0 saturated heterocycles. The summed E-state index contributed by atoms with van der Waals surface area (Å²) in [5.41, 5.74) is 9.22. The summed E-state index contributed by atoms with van der Waals surface area (Å²) in [5, 5.41) is 0. The molecule has 1 aromatic heterocycles. The van der Waals surface area contributed by atoms with E-state index in [4.69, 9.17) is 5.73 Å². The molecule has 1 aliphatic rings. The van der Waals surface area contributed by atoms with Gasteiger partial charge >= 0.3 is 5.69 Å². The number of imidazole rings is 1. The second kappa shape index (κ2) is 3.47. The summed E-state index contributed by atoms with van der Waals surface area (Å²) in [5.74, 6) is 0. The first-order chi connectivity index (χ1) is 8.07. The lowest BCUT2D eigenvalue weighted by Crippen LogP contribution is -2.22. The van der Waals surface area contributed by atoms with Crippen molar-refractivity contribution >= 4 is 11.0 Å². The van der Waals surface area contributed by atoms with Crippen LogP contribution in [0.4, 0.5) is 0 Å². The summed E-state index contributed by atoms with van der Waals surface area (Å²) < 4.78 is 1.63. The van der Waals surface area contributed by atoms with Crippen LogP contribution < -0.4 is 11.4 Å². The van der Waals surface area contributed by atoms with E-state index in [0.717, 1.165) is 36.7 Å². The number of benzene rings is 1. The highest BCUT2D eigenvalue weighted by atomic mass is 16.1. The van der Waals surface area contributed by atoms with Crippen LogP contribution in [0.15, 0.2) is 23.0 Å². The molecule has 3 rings (SSSR count). The van der Waals surface area contributed by atoms with Crippen LogP contribution >= 0.6 is 0 Å². The first-order valence-corrected chi connectivity index (χ1v) is 6.04. The van der Waals surface area contributed by atoms with Gasteiger partial charge in [0.2, 0.25) is 0 Å². The van der Waals surface area contributed by atoms with E-state index in [9.17, 15) is 4.79 Å². The van der Waals surface area contributed by atoms with Gasteiger partial charge < -0.3 is 10.7 Å². The monoisotopic (exact) mass is 231 g/mol. The van der Waals surface area contributed by atoms with Crippen molar-refractivity contribution in [1.82, 2.24) is 9.55 Å². The first kappa shape index (κ1) is 10.6. The number of H-pyrrole nitrogens is 1. The van der Waals surface area contributed by atoms with E-state index in [0.29, 0.717) is 0 Å². The Kier molecular flexibility index (Phi) is 2.16. The molecule has 4 heteroatoms. The topological polar surface area (TPSA) is 63.8 Å². The van der Waals surface area contributed by atoms with Gasteiger partial charge in [-0.2, -0.15) is 0 Å². The average Bonchev–Trinajstić information content (AvgIpc) is 2.98. The van der Waals surface area contributed by atoms with E-state index in [1.165, 1.54) is 5.56 Å².